The molecule has 5 nitrogen and oxygen atoms in total. The molecule has 3 heterocycles. The number of thiophene rings is 1. The number of carbonyl (C=O) groups is 1. The van der Waals surface area contributed by atoms with Gasteiger partial charge in [-0.05, 0) is 25.5 Å². The van der Waals surface area contributed by atoms with Gasteiger partial charge in [-0.3, -0.25) is 4.79 Å². The Morgan fingerprint density at radius 3 is 2.90 bits per heavy atom. The smallest absolute Gasteiger partial charge is 0.264 e. The molecule has 1 N–H and O–H groups in total. The first-order valence-corrected chi connectivity index (χ1v) is 7.95. The predicted octanol–water partition coefficient (Wildman–Crippen LogP) is 1.89. The molecule has 0 aliphatic carbocycles. The summed E-state index contributed by atoms with van der Waals surface area (Å²) >= 11 is 1.58. The number of nitrogens with one attached hydrogen (secondary N) is 1. The molecule has 0 bridgehead atoms. The van der Waals surface area contributed by atoms with Crippen molar-refractivity contribution < 1.29 is 4.79 Å². The second-order valence-electron chi connectivity index (χ2n) is 5.46. The van der Waals surface area contributed by atoms with E-state index in [-0.39, 0.29) is 11.9 Å². The van der Waals surface area contributed by atoms with Crippen LogP contribution in [0.15, 0.2) is 18.5 Å². The molecule has 21 heavy (non-hydrogen) atoms. The number of imidazole rings is 1. The van der Waals surface area contributed by atoms with Crippen LogP contribution in [0, 0.1) is 13.8 Å². The molecule has 6 heteroatoms. The van der Waals surface area contributed by atoms with Crippen LogP contribution in [-0.4, -0.2) is 40.0 Å². The second-order valence-corrected chi connectivity index (χ2v) is 6.72. The zero-order chi connectivity index (χ0) is 15.0. The molecule has 2 aromatic rings. The van der Waals surface area contributed by atoms with Crippen molar-refractivity contribution in [3.05, 3.63) is 39.6 Å². The zero-order valence-electron chi connectivity index (χ0n) is 12.6. The van der Waals surface area contributed by atoms with E-state index in [0.717, 1.165) is 23.8 Å². The third kappa shape index (κ3) is 2.61. The Morgan fingerprint density at radius 2 is 2.29 bits per heavy atom. The number of aryl methyl sites for hydroxylation is 3. The lowest BCUT2D eigenvalue weighted by molar-refractivity contribution is 0.0626. The maximum atomic E-state index is 12.9. The highest BCUT2D eigenvalue weighted by molar-refractivity contribution is 7.14. The quantitative estimate of drug-likeness (QED) is 0.922. The summed E-state index contributed by atoms with van der Waals surface area (Å²) in [5.41, 5.74) is 1.19. The summed E-state index contributed by atoms with van der Waals surface area (Å²) < 4.78 is 1.99. The van der Waals surface area contributed by atoms with Crippen LogP contribution in [-0.2, 0) is 7.05 Å². The minimum Gasteiger partial charge on any atom is -0.336 e. The molecular weight excluding hydrogens is 284 g/mol. The van der Waals surface area contributed by atoms with Crippen LogP contribution in [0.1, 0.15) is 32.0 Å². The van der Waals surface area contributed by atoms with Crippen molar-refractivity contribution in [1.82, 2.24) is 19.8 Å². The fourth-order valence-electron chi connectivity index (χ4n) is 2.70. The Bertz CT molecular complexity index is 641. The number of piperazine rings is 1. The molecule has 1 saturated heterocycles. The zero-order valence-corrected chi connectivity index (χ0v) is 13.4. The van der Waals surface area contributed by atoms with Crippen molar-refractivity contribution in [2.24, 2.45) is 7.05 Å². The van der Waals surface area contributed by atoms with Crippen molar-refractivity contribution >= 4 is 17.2 Å². The summed E-state index contributed by atoms with van der Waals surface area (Å²) in [5, 5.41) is 3.36. The highest BCUT2D eigenvalue weighted by Crippen LogP contribution is 2.27. The van der Waals surface area contributed by atoms with Crippen molar-refractivity contribution in [3.8, 4) is 0 Å². The molecule has 0 radical (unpaired) electrons. The van der Waals surface area contributed by atoms with Crippen LogP contribution in [0.5, 0.6) is 0 Å². The van der Waals surface area contributed by atoms with E-state index in [4.69, 9.17) is 0 Å². The summed E-state index contributed by atoms with van der Waals surface area (Å²) in [4.78, 5) is 21.3. The average molecular weight is 304 g/mol. The van der Waals surface area contributed by atoms with Gasteiger partial charge in [0, 0.05) is 44.0 Å². The summed E-state index contributed by atoms with van der Waals surface area (Å²) in [6.07, 6.45) is 3.71. The number of amides is 1. The second kappa shape index (κ2) is 5.61. The third-order valence-electron chi connectivity index (χ3n) is 4.04. The first-order chi connectivity index (χ1) is 10.1. The lowest BCUT2D eigenvalue weighted by Gasteiger charge is -2.35. The van der Waals surface area contributed by atoms with E-state index >= 15 is 0 Å². The summed E-state index contributed by atoms with van der Waals surface area (Å²) in [7, 11) is 1.97. The van der Waals surface area contributed by atoms with Gasteiger partial charge >= 0.3 is 0 Å². The van der Waals surface area contributed by atoms with Crippen molar-refractivity contribution in [2.45, 2.75) is 19.9 Å². The van der Waals surface area contributed by atoms with Crippen LogP contribution in [0.4, 0.5) is 0 Å². The van der Waals surface area contributed by atoms with Gasteiger partial charge < -0.3 is 14.8 Å². The van der Waals surface area contributed by atoms with E-state index in [1.165, 1.54) is 10.4 Å². The standard InChI is InChI=1S/C15H20N4OS/c1-10-8-13(21-11(10)2)15(20)19-7-4-16-9-12(19)14-17-5-6-18(14)3/h5-6,8,12,16H,4,7,9H2,1-3H3. The van der Waals surface area contributed by atoms with Gasteiger partial charge in [0.05, 0.1) is 4.88 Å². The fourth-order valence-corrected chi connectivity index (χ4v) is 3.69. The Kier molecular flexibility index (Phi) is 3.82. The Morgan fingerprint density at radius 1 is 1.48 bits per heavy atom. The molecule has 1 aliphatic heterocycles. The molecule has 1 atom stereocenters. The number of hydrogen-bond acceptors (Lipinski definition) is 4. The monoisotopic (exact) mass is 304 g/mol. The van der Waals surface area contributed by atoms with E-state index in [1.54, 1.807) is 17.5 Å². The third-order valence-corrected chi connectivity index (χ3v) is 5.18. The van der Waals surface area contributed by atoms with Gasteiger partial charge in [0.2, 0.25) is 0 Å². The van der Waals surface area contributed by atoms with Crippen LogP contribution < -0.4 is 5.32 Å². The SMILES string of the molecule is Cc1cc(C(=O)N2CCNCC2c2nccn2C)sc1C. The maximum Gasteiger partial charge on any atom is 0.264 e. The number of aromatic nitrogens is 2. The number of rotatable bonds is 2. The molecule has 0 spiro atoms. The average Bonchev–Trinajstić information content (AvgIpc) is 3.05. The van der Waals surface area contributed by atoms with Gasteiger partial charge in [-0.1, -0.05) is 0 Å². The van der Waals surface area contributed by atoms with E-state index in [2.05, 4.69) is 24.1 Å². The Labute approximate surface area is 128 Å². The molecule has 3 rings (SSSR count). The van der Waals surface area contributed by atoms with Crippen LogP contribution in [0.3, 0.4) is 0 Å². The Balaban J connectivity index is 1.91. The lowest BCUT2D eigenvalue weighted by atomic mass is 10.1. The summed E-state index contributed by atoms with van der Waals surface area (Å²) in [5.74, 6) is 1.05. The van der Waals surface area contributed by atoms with Gasteiger partial charge in [0.25, 0.3) is 5.91 Å². The fraction of sp³-hybridized carbons (Fsp3) is 0.467. The van der Waals surface area contributed by atoms with E-state index in [1.807, 2.05) is 28.8 Å². The van der Waals surface area contributed by atoms with Gasteiger partial charge in [-0.25, -0.2) is 4.98 Å². The number of nitrogens with zero attached hydrogens (tertiary/aromatic N) is 3. The first kappa shape index (κ1) is 14.3. The molecule has 1 unspecified atom stereocenters. The van der Waals surface area contributed by atoms with Gasteiger partial charge in [-0.2, -0.15) is 0 Å². The minimum atomic E-state index is -0.00559. The summed E-state index contributed by atoms with van der Waals surface area (Å²) in [6, 6.07) is 1.99. The molecule has 1 amide bonds. The van der Waals surface area contributed by atoms with Crippen LogP contribution in [0.2, 0.25) is 0 Å². The number of hydrogen-bond donors (Lipinski definition) is 1. The minimum absolute atomic E-state index is 0.00559. The summed E-state index contributed by atoms with van der Waals surface area (Å²) in [6.45, 7) is 6.41. The van der Waals surface area contributed by atoms with Crippen molar-refractivity contribution in [2.75, 3.05) is 19.6 Å². The lowest BCUT2D eigenvalue weighted by Crippen LogP contribution is -2.49. The van der Waals surface area contributed by atoms with Crippen molar-refractivity contribution in [1.29, 1.82) is 0 Å². The van der Waals surface area contributed by atoms with E-state index in [0.29, 0.717) is 6.54 Å². The molecule has 1 fully saturated rings. The maximum absolute atomic E-state index is 12.9. The van der Waals surface area contributed by atoms with Crippen LogP contribution >= 0.6 is 11.3 Å². The normalized spacial score (nSPS) is 19.0. The molecule has 1 aliphatic rings. The van der Waals surface area contributed by atoms with E-state index < -0.39 is 0 Å². The topological polar surface area (TPSA) is 50.2 Å². The van der Waals surface area contributed by atoms with Crippen LogP contribution in [0.25, 0.3) is 0 Å². The molecule has 0 aromatic carbocycles. The predicted molar refractivity (Wildman–Crippen MR) is 83.6 cm³/mol. The largest absolute Gasteiger partial charge is 0.336 e. The van der Waals surface area contributed by atoms with Gasteiger partial charge in [0.15, 0.2) is 0 Å². The van der Waals surface area contributed by atoms with Gasteiger partial charge in [0.1, 0.15) is 11.9 Å². The number of carbonyl (C=O) groups excluding carboxylic acids is 1. The first-order valence-electron chi connectivity index (χ1n) is 7.14. The molecule has 112 valence electrons. The van der Waals surface area contributed by atoms with E-state index in [9.17, 15) is 4.79 Å². The van der Waals surface area contributed by atoms with Gasteiger partial charge in [-0.15, -0.1) is 11.3 Å². The highest BCUT2D eigenvalue weighted by atomic mass is 32.1. The highest BCUT2D eigenvalue weighted by Gasteiger charge is 2.31. The Hall–Kier alpha value is -1.66. The molecule has 2 aromatic heterocycles. The molecular formula is C15H20N4OS. The molecule has 0 saturated carbocycles. The van der Waals surface area contributed by atoms with Crippen molar-refractivity contribution in [3.63, 3.8) is 0 Å².